The fourth-order valence-electron chi connectivity index (χ4n) is 4.23. The van der Waals surface area contributed by atoms with Crippen molar-refractivity contribution in [1.29, 1.82) is 0 Å². The largest absolute Gasteiger partial charge is 0.504 e. The Hall–Kier alpha value is -1.90. The first-order valence-corrected chi connectivity index (χ1v) is 9.84. The molecule has 0 unspecified atom stereocenters. The third-order valence-electron chi connectivity index (χ3n) is 5.41. The first kappa shape index (κ1) is 17.5. The van der Waals surface area contributed by atoms with E-state index in [1.165, 1.54) is 6.21 Å². The van der Waals surface area contributed by atoms with Crippen LogP contribution in [0.4, 0.5) is 0 Å². The summed E-state index contributed by atoms with van der Waals surface area (Å²) in [6, 6.07) is 3.37. The second kappa shape index (κ2) is 6.68. The highest BCUT2D eigenvalue weighted by Crippen LogP contribution is 2.49. The van der Waals surface area contributed by atoms with Gasteiger partial charge in [0, 0.05) is 0 Å². The minimum atomic E-state index is -0.262. The van der Waals surface area contributed by atoms with E-state index in [-0.39, 0.29) is 41.2 Å². The average molecular weight is 466 g/mol. The van der Waals surface area contributed by atoms with Gasteiger partial charge in [-0.05, 0) is 71.9 Å². The minimum Gasteiger partial charge on any atom is -0.504 e. The van der Waals surface area contributed by atoms with Gasteiger partial charge in [-0.15, -0.1) is 0 Å². The molecule has 5 rings (SSSR count). The Kier molecular flexibility index (Phi) is 4.50. The predicted molar refractivity (Wildman–Crippen MR) is 104 cm³/mol. The van der Waals surface area contributed by atoms with Gasteiger partial charge in [-0.25, -0.2) is 0 Å². The van der Waals surface area contributed by atoms with Gasteiger partial charge in [0.2, 0.25) is 0 Å². The summed E-state index contributed by atoms with van der Waals surface area (Å²) in [7, 11) is 0. The van der Waals surface area contributed by atoms with E-state index in [4.69, 9.17) is 4.74 Å². The second-order valence-electron chi connectivity index (χ2n) is 6.86. The molecular formula is C19H19IN2O4. The molecule has 2 amide bonds. The summed E-state index contributed by atoms with van der Waals surface area (Å²) in [6.07, 6.45) is 7.58. The number of hydrogen-bond acceptors (Lipinski definition) is 5. The summed E-state index contributed by atoms with van der Waals surface area (Å²) in [5.74, 6) is -0.184. The molecule has 1 N–H and O–H groups in total. The van der Waals surface area contributed by atoms with E-state index in [0.717, 1.165) is 17.9 Å². The Bertz CT molecular complexity index is 803. The number of hydrazone groups is 1. The maximum Gasteiger partial charge on any atom is 0.254 e. The lowest BCUT2D eigenvalue weighted by molar-refractivity contribution is -0.140. The van der Waals surface area contributed by atoms with E-state index in [2.05, 4.69) is 17.3 Å². The maximum absolute atomic E-state index is 12.7. The molecule has 2 fully saturated rings. The van der Waals surface area contributed by atoms with Gasteiger partial charge in [0.25, 0.3) is 11.8 Å². The molecule has 1 saturated carbocycles. The molecule has 6 nitrogen and oxygen atoms in total. The van der Waals surface area contributed by atoms with Crippen LogP contribution in [-0.4, -0.2) is 34.8 Å². The average Bonchev–Trinajstić information content (AvgIpc) is 2.91. The Balaban J connectivity index is 1.60. The van der Waals surface area contributed by atoms with Crippen molar-refractivity contribution in [2.75, 3.05) is 6.61 Å². The zero-order valence-electron chi connectivity index (χ0n) is 14.3. The van der Waals surface area contributed by atoms with Crippen molar-refractivity contribution in [2.45, 2.75) is 19.8 Å². The Morgan fingerprint density at radius 2 is 1.85 bits per heavy atom. The molecular weight excluding hydrogens is 447 g/mol. The van der Waals surface area contributed by atoms with Crippen LogP contribution in [0.25, 0.3) is 0 Å². The summed E-state index contributed by atoms with van der Waals surface area (Å²) < 4.78 is 6.03. The van der Waals surface area contributed by atoms with Crippen molar-refractivity contribution >= 4 is 40.6 Å². The third kappa shape index (κ3) is 2.72. The normalized spacial score (nSPS) is 29.7. The highest BCUT2D eigenvalue weighted by Gasteiger charge is 2.56. The molecule has 4 atom stereocenters. The molecule has 26 heavy (non-hydrogen) atoms. The van der Waals surface area contributed by atoms with Gasteiger partial charge >= 0.3 is 0 Å². The van der Waals surface area contributed by atoms with Gasteiger partial charge in [-0.2, -0.15) is 10.1 Å². The molecule has 136 valence electrons. The van der Waals surface area contributed by atoms with Crippen LogP contribution >= 0.6 is 22.6 Å². The summed E-state index contributed by atoms with van der Waals surface area (Å²) in [6.45, 7) is 2.26. The summed E-state index contributed by atoms with van der Waals surface area (Å²) in [4.78, 5) is 25.5. The summed E-state index contributed by atoms with van der Waals surface area (Å²) in [5.41, 5.74) is 0.659. The number of halogens is 1. The zero-order chi connectivity index (χ0) is 18.4. The fourth-order valence-corrected chi connectivity index (χ4v) is 4.86. The highest BCUT2D eigenvalue weighted by molar-refractivity contribution is 14.1. The topological polar surface area (TPSA) is 79.2 Å². The molecule has 0 radical (unpaired) electrons. The molecule has 4 aliphatic rings. The van der Waals surface area contributed by atoms with Crippen LogP contribution in [0.1, 0.15) is 25.3 Å². The SMILES string of the molecule is CCOc1cc(/C=N\N2C(=O)[C@@H]3[C@H](C2=O)[C@@H]2C=C[C@H]3CC2)cc(I)c1O. The number of carbonyl (C=O) groups is 2. The van der Waals surface area contributed by atoms with Gasteiger partial charge < -0.3 is 9.84 Å². The van der Waals surface area contributed by atoms with E-state index in [1.54, 1.807) is 12.1 Å². The Morgan fingerprint density at radius 3 is 2.38 bits per heavy atom. The van der Waals surface area contributed by atoms with Crippen LogP contribution in [-0.2, 0) is 9.59 Å². The van der Waals surface area contributed by atoms with E-state index in [0.29, 0.717) is 21.5 Å². The second-order valence-corrected chi connectivity index (χ2v) is 8.02. The fraction of sp³-hybridized carbons (Fsp3) is 0.421. The standard InChI is InChI=1S/C19H19IN2O4/c1-2-26-14-8-10(7-13(20)17(14)23)9-21-22-18(24)15-11-3-4-12(6-5-11)16(15)19(22)25/h3-4,7-9,11-12,15-16,23H,2,5-6H2,1H3/b21-9-/t11-,12+,15-,16+. The van der Waals surface area contributed by atoms with Crippen molar-refractivity contribution in [3.8, 4) is 11.5 Å². The van der Waals surface area contributed by atoms with Crippen LogP contribution in [0, 0.1) is 27.2 Å². The smallest absolute Gasteiger partial charge is 0.254 e. The van der Waals surface area contributed by atoms with Gasteiger partial charge in [-0.3, -0.25) is 9.59 Å². The molecule has 0 spiro atoms. The van der Waals surface area contributed by atoms with Gasteiger partial charge in [-0.1, -0.05) is 12.2 Å². The lowest BCUT2D eigenvalue weighted by Gasteiger charge is -2.37. The van der Waals surface area contributed by atoms with Crippen molar-refractivity contribution in [3.05, 3.63) is 33.4 Å². The molecule has 1 saturated heterocycles. The van der Waals surface area contributed by atoms with Crippen LogP contribution < -0.4 is 4.74 Å². The summed E-state index contributed by atoms with van der Waals surface area (Å²) >= 11 is 2.00. The number of carbonyl (C=O) groups excluding carboxylic acids is 2. The maximum atomic E-state index is 12.7. The van der Waals surface area contributed by atoms with Crippen molar-refractivity contribution < 1.29 is 19.4 Å². The molecule has 1 heterocycles. The van der Waals surface area contributed by atoms with Crippen molar-refractivity contribution in [2.24, 2.45) is 28.8 Å². The molecule has 1 aromatic carbocycles. The molecule has 7 heteroatoms. The lowest BCUT2D eigenvalue weighted by atomic mass is 9.63. The van der Waals surface area contributed by atoms with Gasteiger partial charge in [0.15, 0.2) is 11.5 Å². The number of benzene rings is 1. The lowest BCUT2D eigenvalue weighted by Crippen LogP contribution is -2.38. The van der Waals surface area contributed by atoms with E-state index in [1.807, 2.05) is 29.5 Å². The predicted octanol–water partition coefficient (Wildman–Crippen LogP) is 2.93. The first-order chi connectivity index (χ1) is 12.5. The van der Waals surface area contributed by atoms with Crippen LogP contribution in [0.5, 0.6) is 11.5 Å². The molecule has 3 aliphatic carbocycles. The minimum absolute atomic E-state index is 0.0756. The number of rotatable bonds is 4. The highest BCUT2D eigenvalue weighted by atomic mass is 127. The number of phenols is 1. The van der Waals surface area contributed by atoms with E-state index >= 15 is 0 Å². The number of hydrogen-bond donors (Lipinski definition) is 1. The number of aromatic hydroxyl groups is 1. The quantitative estimate of drug-likeness (QED) is 0.321. The number of ether oxygens (including phenoxy) is 1. The molecule has 0 aromatic heterocycles. The molecule has 1 aromatic rings. The number of imide groups is 1. The molecule has 2 bridgehead atoms. The third-order valence-corrected chi connectivity index (χ3v) is 6.23. The van der Waals surface area contributed by atoms with E-state index in [9.17, 15) is 14.7 Å². The van der Waals surface area contributed by atoms with Crippen molar-refractivity contribution in [1.82, 2.24) is 5.01 Å². The molecule has 1 aliphatic heterocycles. The van der Waals surface area contributed by atoms with Crippen LogP contribution in [0.15, 0.2) is 29.4 Å². The Morgan fingerprint density at radius 1 is 1.23 bits per heavy atom. The zero-order valence-corrected chi connectivity index (χ0v) is 16.4. The van der Waals surface area contributed by atoms with Crippen LogP contribution in [0.3, 0.4) is 0 Å². The van der Waals surface area contributed by atoms with Crippen molar-refractivity contribution in [3.63, 3.8) is 0 Å². The van der Waals surface area contributed by atoms with Gasteiger partial charge in [0.05, 0.1) is 28.2 Å². The number of amides is 2. The van der Waals surface area contributed by atoms with Crippen LogP contribution in [0.2, 0.25) is 0 Å². The summed E-state index contributed by atoms with van der Waals surface area (Å²) in [5, 5.41) is 15.2. The van der Waals surface area contributed by atoms with Gasteiger partial charge in [0.1, 0.15) is 0 Å². The number of allylic oxidation sites excluding steroid dienone is 2. The first-order valence-electron chi connectivity index (χ1n) is 8.76. The number of fused-ring (bicyclic) bond motifs is 1. The monoisotopic (exact) mass is 466 g/mol. The number of nitrogens with zero attached hydrogens (tertiary/aromatic N) is 2. The number of phenolic OH excluding ortho intramolecular Hbond substituents is 1. The van der Waals surface area contributed by atoms with E-state index < -0.39 is 0 Å². The Labute approximate surface area is 165 Å².